The van der Waals surface area contributed by atoms with Crippen LogP contribution in [0.5, 0.6) is 0 Å². The van der Waals surface area contributed by atoms with E-state index in [1.807, 2.05) is 4.89 Å². The van der Waals surface area contributed by atoms with Crippen molar-refractivity contribution in [3.63, 3.8) is 0 Å². The van der Waals surface area contributed by atoms with E-state index in [1.165, 1.54) is 21.3 Å². The zero-order valence-corrected chi connectivity index (χ0v) is 9.13. The second kappa shape index (κ2) is 5.91. The van der Waals surface area contributed by atoms with Crippen molar-refractivity contribution in [2.24, 2.45) is 0 Å². The third-order valence-corrected chi connectivity index (χ3v) is 2.84. The van der Waals surface area contributed by atoms with Crippen molar-refractivity contribution >= 4 is 16.2 Å². The zero-order chi connectivity index (χ0) is 11.2. The minimum absolute atomic E-state index is 0.00236. The molecule has 0 aromatic rings. The highest BCUT2D eigenvalue weighted by atomic mass is 32.2. The normalized spacial score (nSPS) is 11.7. The smallest absolute Gasteiger partial charge is 0.306 e. The quantitative estimate of drug-likeness (QED) is 0.458. The average Bonchev–Trinajstić information content (AvgIpc) is 2.13. The van der Waals surface area contributed by atoms with Gasteiger partial charge in [0, 0.05) is 13.6 Å². The lowest BCUT2D eigenvalue weighted by Crippen LogP contribution is -2.38. The van der Waals surface area contributed by atoms with Crippen LogP contribution in [0.25, 0.3) is 0 Å². The van der Waals surface area contributed by atoms with Crippen LogP contribution in [0.4, 0.5) is 0 Å². The lowest BCUT2D eigenvalue weighted by Gasteiger charge is -2.15. The number of ether oxygens (including phenoxy) is 1. The second-order valence-corrected chi connectivity index (χ2v) is 4.18. The molecular weight excluding hydrogens is 212 g/mol. The molecule has 0 bridgehead atoms. The Hall–Kier alpha value is -0.700. The lowest BCUT2D eigenvalue weighted by molar-refractivity contribution is -0.140. The first-order chi connectivity index (χ1) is 6.44. The Balaban J connectivity index is 4.08. The Bertz CT molecular complexity index is 276. The van der Waals surface area contributed by atoms with Crippen molar-refractivity contribution in [3.05, 3.63) is 0 Å². The van der Waals surface area contributed by atoms with Gasteiger partial charge >= 0.3 is 16.2 Å². The first-order valence-electron chi connectivity index (χ1n) is 3.77. The molecule has 0 heterocycles. The molecule has 0 aromatic carbocycles. The van der Waals surface area contributed by atoms with Crippen LogP contribution in [0.15, 0.2) is 0 Å². The predicted octanol–water partition coefficient (Wildman–Crippen LogP) is -1.12. The van der Waals surface area contributed by atoms with Crippen molar-refractivity contribution in [3.8, 4) is 0 Å². The fraction of sp³-hybridized carbons (Fsp3) is 0.833. The number of hydrogen-bond acceptors (Lipinski definition) is 5. The molecule has 84 valence electrons. The van der Waals surface area contributed by atoms with Crippen LogP contribution in [0, 0.1) is 0 Å². The lowest BCUT2D eigenvalue weighted by atomic mass is 10.4. The summed E-state index contributed by atoms with van der Waals surface area (Å²) >= 11 is 0. The molecule has 0 aliphatic rings. The van der Waals surface area contributed by atoms with E-state index in [0.29, 0.717) is 0 Å². The van der Waals surface area contributed by atoms with Crippen molar-refractivity contribution in [1.29, 1.82) is 0 Å². The minimum Gasteiger partial charge on any atom is -0.469 e. The number of methoxy groups -OCH3 is 1. The van der Waals surface area contributed by atoms with Crippen molar-refractivity contribution in [2.45, 2.75) is 6.42 Å². The number of carbonyl (C=O) groups is 1. The van der Waals surface area contributed by atoms with Crippen LogP contribution in [-0.4, -0.2) is 46.5 Å². The summed E-state index contributed by atoms with van der Waals surface area (Å²) in [6.07, 6.45) is -0.00236. The van der Waals surface area contributed by atoms with Crippen LogP contribution >= 0.6 is 0 Å². The number of esters is 1. The van der Waals surface area contributed by atoms with E-state index in [9.17, 15) is 13.2 Å². The van der Waals surface area contributed by atoms with Gasteiger partial charge in [-0.1, -0.05) is 4.89 Å². The Morgan fingerprint density at radius 2 is 2.00 bits per heavy atom. The molecule has 0 rings (SSSR count). The minimum atomic E-state index is -3.66. The highest BCUT2D eigenvalue weighted by Crippen LogP contribution is 1.96. The second-order valence-electron chi connectivity index (χ2n) is 2.44. The fourth-order valence-electron chi connectivity index (χ4n) is 0.640. The van der Waals surface area contributed by atoms with E-state index in [4.69, 9.17) is 0 Å². The molecule has 0 saturated heterocycles. The van der Waals surface area contributed by atoms with Crippen molar-refractivity contribution in [2.75, 3.05) is 27.8 Å². The van der Waals surface area contributed by atoms with Crippen LogP contribution in [-0.2, 0) is 24.6 Å². The molecule has 7 nitrogen and oxygen atoms in total. The molecule has 0 radical (unpaired) electrons. The maximum atomic E-state index is 11.2. The Labute approximate surface area is 83.1 Å². The molecule has 1 N–H and O–H groups in total. The zero-order valence-electron chi connectivity index (χ0n) is 8.31. The molecule has 0 amide bonds. The van der Waals surface area contributed by atoms with Gasteiger partial charge in [0.25, 0.3) is 0 Å². The first-order valence-corrected chi connectivity index (χ1v) is 5.21. The van der Waals surface area contributed by atoms with Gasteiger partial charge in [-0.25, -0.2) is 0 Å². The Morgan fingerprint density at radius 1 is 1.43 bits per heavy atom. The Morgan fingerprint density at radius 3 is 2.43 bits per heavy atom. The van der Waals surface area contributed by atoms with E-state index in [0.717, 1.165) is 4.31 Å². The Kier molecular flexibility index (Phi) is 5.62. The number of rotatable bonds is 6. The van der Waals surface area contributed by atoms with Crippen LogP contribution in [0.2, 0.25) is 0 Å². The van der Waals surface area contributed by atoms with E-state index in [-0.39, 0.29) is 13.0 Å². The molecule has 8 heteroatoms. The largest absolute Gasteiger partial charge is 0.469 e. The molecule has 0 saturated carbocycles. The van der Waals surface area contributed by atoms with Gasteiger partial charge in [0.2, 0.25) is 0 Å². The molecule has 0 aromatic heterocycles. The van der Waals surface area contributed by atoms with E-state index < -0.39 is 16.2 Å². The summed E-state index contributed by atoms with van der Waals surface area (Å²) in [6.45, 7) is 0.0331. The summed E-state index contributed by atoms with van der Waals surface area (Å²) in [5.74, 6) is -0.468. The van der Waals surface area contributed by atoms with Crippen molar-refractivity contribution < 1.29 is 22.8 Å². The molecule has 0 atom stereocenters. The van der Waals surface area contributed by atoms with Crippen molar-refractivity contribution in [1.82, 2.24) is 9.19 Å². The number of nitrogens with zero attached hydrogens (tertiary/aromatic N) is 1. The summed E-state index contributed by atoms with van der Waals surface area (Å²) in [7, 11) is 0.0893. The van der Waals surface area contributed by atoms with Crippen LogP contribution < -0.4 is 4.89 Å². The summed E-state index contributed by atoms with van der Waals surface area (Å²) in [6, 6.07) is 0. The SMILES string of the molecule is CONS(=O)(=O)N(C)CCC(=O)OC. The molecular formula is C6H14N2O5S. The summed E-state index contributed by atoms with van der Waals surface area (Å²) in [5, 5.41) is 0. The molecule has 0 unspecified atom stereocenters. The molecule has 0 fully saturated rings. The van der Waals surface area contributed by atoms with Gasteiger partial charge in [-0.05, 0) is 0 Å². The van der Waals surface area contributed by atoms with Gasteiger partial charge in [-0.3, -0.25) is 9.63 Å². The van der Waals surface area contributed by atoms with E-state index >= 15 is 0 Å². The maximum absolute atomic E-state index is 11.2. The highest BCUT2D eigenvalue weighted by Gasteiger charge is 2.17. The monoisotopic (exact) mass is 226 g/mol. The van der Waals surface area contributed by atoms with Gasteiger partial charge in [-0.15, -0.1) is 0 Å². The van der Waals surface area contributed by atoms with Crippen LogP contribution in [0.3, 0.4) is 0 Å². The number of hydrogen-bond donors (Lipinski definition) is 1. The van der Waals surface area contributed by atoms with E-state index in [1.54, 1.807) is 0 Å². The molecule has 0 aliphatic carbocycles. The topological polar surface area (TPSA) is 84.9 Å². The predicted molar refractivity (Wildman–Crippen MR) is 48.3 cm³/mol. The summed E-state index contributed by atoms with van der Waals surface area (Å²) < 4.78 is 27.7. The third kappa shape index (κ3) is 4.51. The molecule has 0 aliphatic heterocycles. The molecule has 0 spiro atoms. The van der Waals surface area contributed by atoms with E-state index in [2.05, 4.69) is 9.57 Å². The van der Waals surface area contributed by atoms with Gasteiger partial charge in [0.05, 0.1) is 20.6 Å². The number of carbonyl (C=O) groups excluding carboxylic acids is 1. The van der Waals surface area contributed by atoms with Crippen LogP contribution in [0.1, 0.15) is 6.42 Å². The standard InChI is InChI=1S/C6H14N2O5S/c1-8(5-4-6(9)12-2)14(10,11)7-13-3/h7H,4-5H2,1-3H3. The van der Waals surface area contributed by atoms with Gasteiger partial charge in [0.1, 0.15) is 0 Å². The maximum Gasteiger partial charge on any atom is 0.306 e. The third-order valence-electron chi connectivity index (χ3n) is 1.46. The van der Waals surface area contributed by atoms with Gasteiger partial charge in [-0.2, -0.15) is 12.7 Å². The van der Waals surface area contributed by atoms with Gasteiger partial charge < -0.3 is 4.74 Å². The molecule has 14 heavy (non-hydrogen) atoms. The summed E-state index contributed by atoms with van der Waals surface area (Å²) in [5.41, 5.74) is 0. The number of nitrogens with one attached hydrogen (secondary N) is 1. The average molecular weight is 226 g/mol. The van der Waals surface area contributed by atoms with Gasteiger partial charge in [0.15, 0.2) is 0 Å². The fourth-order valence-corrected chi connectivity index (χ4v) is 1.31. The summed E-state index contributed by atoms with van der Waals surface area (Å²) in [4.78, 5) is 16.8. The highest BCUT2D eigenvalue weighted by molar-refractivity contribution is 7.86. The first kappa shape index (κ1) is 13.3.